The monoisotopic (exact) mass is 337 g/mol. The van der Waals surface area contributed by atoms with Gasteiger partial charge in [-0.2, -0.15) is 5.10 Å². The average molecular weight is 337 g/mol. The number of nitrogens with zero attached hydrogens (tertiary/aromatic N) is 6. The van der Waals surface area contributed by atoms with Crippen LogP contribution in [0, 0.1) is 5.92 Å². The van der Waals surface area contributed by atoms with Gasteiger partial charge in [0.15, 0.2) is 5.65 Å². The number of fused-ring (bicyclic) bond motifs is 1. The highest BCUT2D eigenvalue weighted by atomic mass is 15.3. The topological polar surface area (TPSA) is 71.8 Å². The zero-order valence-corrected chi connectivity index (χ0v) is 14.5. The Morgan fingerprint density at radius 2 is 2.24 bits per heavy atom. The first-order chi connectivity index (χ1) is 12.3. The molecular weight excluding hydrogens is 314 g/mol. The molecule has 1 N–H and O–H groups in total. The molecule has 130 valence electrons. The van der Waals surface area contributed by atoms with Crippen LogP contribution in [0.3, 0.4) is 0 Å². The van der Waals surface area contributed by atoms with Crippen LogP contribution in [-0.4, -0.2) is 49.3 Å². The molecule has 7 heteroatoms. The fourth-order valence-corrected chi connectivity index (χ4v) is 3.56. The number of nitrogens with one attached hydrogen (secondary N) is 1. The predicted molar refractivity (Wildman–Crippen MR) is 97.0 cm³/mol. The van der Waals surface area contributed by atoms with Gasteiger partial charge in [0.1, 0.15) is 12.1 Å². The number of aryl methyl sites for hydroxylation is 1. The predicted octanol–water partition coefficient (Wildman–Crippen LogP) is 2.08. The first-order valence-electron chi connectivity index (χ1n) is 8.77. The lowest BCUT2D eigenvalue weighted by Gasteiger charge is -2.32. The lowest BCUT2D eigenvalue weighted by Crippen LogP contribution is -2.37. The molecule has 0 radical (unpaired) electrons. The Balaban J connectivity index is 1.37. The van der Waals surface area contributed by atoms with Crippen molar-refractivity contribution in [1.82, 2.24) is 29.6 Å². The number of likely N-dealkylation sites (tertiary alicyclic amines) is 1. The van der Waals surface area contributed by atoms with Gasteiger partial charge in [-0.1, -0.05) is 6.07 Å². The quantitative estimate of drug-likeness (QED) is 0.768. The summed E-state index contributed by atoms with van der Waals surface area (Å²) in [7, 11) is 1.90. The van der Waals surface area contributed by atoms with Crippen molar-refractivity contribution in [2.24, 2.45) is 13.0 Å². The molecule has 1 aliphatic heterocycles. The molecule has 0 aliphatic carbocycles. The smallest absolute Gasteiger partial charge is 0.163 e. The van der Waals surface area contributed by atoms with Gasteiger partial charge in [0, 0.05) is 39.1 Å². The number of aromatic nitrogens is 5. The van der Waals surface area contributed by atoms with Crippen molar-refractivity contribution in [3.05, 3.63) is 42.6 Å². The van der Waals surface area contributed by atoms with Crippen LogP contribution in [0.4, 0.5) is 5.82 Å². The molecule has 3 aromatic heterocycles. The molecule has 0 spiro atoms. The van der Waals surface area contributed by atoms with Gasteiger partial charge in [-0.25, -0.2) is 9.97 Å². The van der Waals surface area contributed by atoms with Gasteiger partial charge in [0.05, 0.1) is 11.6 Å². The number of anilines is 1. The third-order valence-corrected chi connectivity index (χ3v) is 4.82. The van der Waals surface area contributed by atoms with Crippen molar-refractivity contribution in [2.75, 3.05) is 25.0 Å². The van der Waals surface area contributed by atoms with Crippen LogP contribution >= 0.6 is 0 Å². The van der Waals surface area contributed by atoms with E-state index in [1.54, 1.807) is 11.0 Å². The average Bonchev–Trinajstić information content (AvgIpc) is 3.03. The third-order valence-electron chi connectivity index (χ3n) is 4.82. The summed E-state index contributed by atoms with van der Waals surface area (Å²) in [5.41, 5.74) is 2.14. The molecule has 1 unspecified atom stereocenters. The SMILES string of the molecule is Cn1ncc2c(NCC3CCCN(Cc4cccnc4)C3)ncnc21. The Morgan fingerprint density at radius 3 is 3.12 bits per heavy atom. The van der Waals surface area contributed by atoms with Crippen LogP contribution in [0.2, 0.25) is 0 Å². The lowest BCUT2D eigenvalue weighted by molar-refractivity contribution is 0.173. The summed E-state index contributed by atoms with van der Waals surface area (Å²) in [6.07, 6.45) is 9.70. The number of hydrogen-bond donors (Lipinski definition) is 1. The van der Waals surface area contributed by atoms with E-state index in [-0.39, 0.29) is 0 Å². The second-order valence-corrected chi connectivity index (χ2v) is 6.71. The number of pyridine rings is 1. The van der Waals surface area contributed by atoms with E-state index in [0.29, 0.717) is 5.92 Å². The Labute approximate surface area is 147 Å². The van der Waals surface area contributed by atoms with Crippen molar-refractivity contribution in [1.29, 1.82) is 0 Å². The Kier molecular flexibility index (Phi) is 4.56. The minimum atomic E-state index is 0.618. The van der Waals surface area contributed by atoms with Crippen LogP contribution in [0.5, 0.6) is 0 Å². The molecule has 4 heterocycles. The summed E-state index contributed by atoms with van der Waals surface area (Å²) in [6.45, 7) is 4.16. The third kappa shape index (κ3) is 3.61. The molecule has 1 fully saturated rings. The van der Waals surface area contributed by atoms with Gasteiger partial charge in [-0.05, 0) is 36.9 Å². The van der Waals surface area contributed by atoms with E-state index in [2.05, 4.69) is 36.3 Å². The maximum atomic E-state index is 4.39. The van der Waals surface area contributed by atoms with Crippen LogP contribution in [0.1, 0.15) is 18.4 Å². The second kappa shape index (κ2) is 7.14. The first kappa shape index (κ1) is 16.0. The first-order valence-corrected chi connectivity index (χ1v) is 8.77. The minimum absolute atomic E-state index is 0.618. The molecule has 0 aromatic carbocycles. The molecule has 1 saturated heterocycles. The highest BCUT2D eigenvalue weighted by Crippen LogP contribution is 2.21. The molecule has 3 aromatic rings. The van der Waals surface area contributed by atoms with E-state index >= 15 is 0 Å². The van der Waals surface area contributed by atoms with E-state index in [4.69, 9.17) is 0 Å². The Morgan fingerprint density at radius 1 is 1.28 bits per heavy atom. The molecule has 1 atom stereocenters. The maximum absolute atomic E-state index is 4.39. The Bertz CT molecular complexity index is 830. The zero-order valence-electron chi connectivity index (χ0n) is 14.5. The summed E-state index contributed by atoms with van der Waals surface area (Å²) >= 11 is 0. The summed E-state index contributed by atoms with van der Waals surface area (Å²) in [4.78, 5) is 15.4. The van der Waals surface area contributed by atoms with Gasteiger partial charge >= 0.3 is 0 Å². The Hall–Kier alpha value is -2.54. The summed E-state index contributed by atoms with van der Waals surface area (Å²) in [6, 6.07) is 4.15. The van der Waals surface area contributed by atoms with E-state index in [0.717, 1.165) is 43.0 Å². The number of hydrogen-bond acceptors (Lipinski definition) is 6. The molecule has 7 nitrogen and oxygen atoms in total. The molecular formula is C18H23N7. The van der Waals surface area contributed by atoms with Gasteiger partial charge in [0.25, 0.3) is 0 Å². The van der Waals surface area contributed by atoms with Gasteiger partial charge < -0.3 is 5.32 Å². The van der Waals surface area contributed by atoms with E-state index < -0.39 is 0 Å². The summed E-state index contributed by atoms with van der Waals surface area (Å²) in [5, 5.41) is 8.76. The van der Waals surface area contributed by atoms with Gasteiger partial charge in [-0.3, -0.25) is 14.6 Å². The van der Waals surface area contributed by atoms with Crippen molar-refractivity contribution in [3.8, 4) is 0 Å². The number of piperidine rings is 1. The van der Waals surface area contributed by atoms with Crippen LogP contribution in [0.15, 0.2) is 37.1 Å². The lowest BCUT2D eigenvalue weighted by atomic mass is 9.97. The molecule has 0 amide bonds. The fraction of sp³-hybridized carbons (Fsp3) is 0.444. The molecule has 25 heavy (non-hydrogen) atoms. The zero-order chi connectivity index (χ0) is 17.1. The standard InChI is InChI=1S/C18H23N7/c1-24-18-16(10-23-24)17(21-13-22-18)20-9-15-5-3-7-25(12-15)11-14-4-2-6-19-8-14/h2,4,6,8,10,13,15H,3,5,7,9,11-12H2,1H3,(H,20,21,22). The molecule has 1 aliphatic rings. The summed E-state index contributed by atoms with van der Waals surface area (Å²) in [5.74, 6) is 1.49. The molecule has 0 bridgehead atoms. The highest BCUT2D eigenvalue weighted by Gasteiger charge is 2.20. The van der Waals surface area contributed by atoms with Crippen LogP contribution in [-0.2, 0) is 13.6 Å². The van der Waals surface area contributed by atoms with Crippen molar-refractivity contribution < 1.29 is 0 Å². The molecule has 0 saturated carbocycles. The van der Waals surface area contributed by atoms with Gasteiger partial charge in [-0.15, -0.1) is 0 Å². The van der Waals surface area contributed by atoms with Crippen molar-refractivity contribution >= 4 is 16.9 Å². The van der Waals surface area contributed by atoms with E-state index in [9.17, 15) is 0 Å². The molecule has 4 rings (SSSR count). The minimum Gasteiger partial charge on any atom is -0.369 e. The van der Waals surface area contributed by atoms with E-state index in [1.807, 2.05) is 31.7 Å². The normalized spacial score (nSPS) is 18.5. The van der Waals surface area contributed by atoms with Gasteiger partial charge in [0.2, 0.25) is 0 Å². The van der Waals surface area contributed by atoms with E-state index in [1.165, 1.54) is 18.4 Å². The number of rotatable bonds is 5. The summed E-state index contributed by atoms with van der Waals surface area (Å²) < 4.78 is 1.78. The van der Waals surface area contributed by atoms with Crippen LogP contribution in [0.25, 0.3) is 11.0 Å². The maximum Gasteiger partial charge on any atom is 0.163 e. The van der Waals surface area contributed by atoms with Crippen molar-refractivity contribution in [2.45, 2.75) is 19.4 Å². The van der Waals surface area contributed by atoms with Crippen molar-refractivity contribution in [3.63, 3.8) is 0 Å². The largest absolute Gasteiger partial charge is 0.369 e. The van der Waals surface area contributed by atoms with Crippen LogP contribution < -0.4 is 5.32 Å². The second-order valence-electron chi connectivity index (χ2n) is 6.71. The highest BCUT2D eigenvalue weighted by molar-refractivity contribution is 5.85. The fourth-order valence-electron chi connectivity index (χ4n) is 3.56.